The van der Waals surface area contributed by atoms with Crippen molar-refractivity contribution in [2.45, 2.75) is 39.8 Å². The van der Waals surface area contributed by atoms with Gasteiger partial charge in [0.05, 0.1) is 23.6 Å². The molecule has 146 valence electrons. The lowest BCUT2D eigenvalue weighted by atomic mass is 10.0. The first-order chi connectivity index (χ1) is 13.3. The second-order valence-corrected chi connectivity index (χ2v) is 7.25. The number of hydrogen-bond donors (Lipinski definition) is 2. The lowest BCUT2D eigenvalue weighted by Gasteiger charge is -2.15. The first kappa shape index (κ1) is 19.5. The fraction of sp³-hybridized carbons (Fsp3) is 0.333. The second kappa shape index (κ2) is 7.80. The predicted octanol–water partition coefficient (Wildman–Crippen LogP) is 3.01. The molecule has 7 heteroatoms. The molecule has 3 rings (SSSR count). The largest absolute Gasteiger partial charge is 0.367 e. The van der Waals surface area contributed by atoms with E-state index in [9.17, 15) is 9.59 Å². The molecule has 2 N–H and O–H groups in total. The standard InChI is InChI=1S/C21H25N5O2/c1-12(2)23-20-19-18(22-11-26(5)21(19)28)10-17(25-20)16-8-6-15(7-9-16)13(3)24-14(4)27/h6-13H,1-5H3,(H,23,25)(H,24,27)/t13-/m1/s1. The molecule has 0 aliphatic rings. The van der Waals surface area contributed by atoms with Crippen LogP contribution >= 0.6 is 0 Å². The molecule has 1 amide bonds. The van der Waals surface area contributed by atoms with Crippen LogP contribution in [0.1, 0.15) is 39.3 Å². The van der Waals surface area contributed by atoms with Gasteiger partial charge in [-0.2, -0.15) is 0 Å². The van der Waals surface area contributed by atoms with Crippen molar-refractivity contribution < 1.29 is 4.79 Å². The Labute approximate surface area is 163 Å². The van der Waals surface area contributed by atoms with E-state index in [4.69, 9.17) is 4.98 Å². The number of nitrogens with zero attached hydrogens (tertiary/aromatic N) is 3. The summed E-state index contributed by atoms with van der Waals surface area (Å²) in [7, 11) is 1.68. The minimum absolute atomic E-state index is 0.0650. The summed E-state index contributed by atoms with van der Waals surface area (Å²) in [6.07, 6.45) is 1.52. The summed E-state index contributed by atoms with van der Waals surface area (Å²) >= 11 is 0. The van der Waals surface area contributed by atoms with Gasteiger partial charge in [-0.3, -0.25) is 9.59 Å². The van der Waals surface area contributed by atoms with Gasteiger partial charge in [-0.25, -0.2) is 9.97 Å². The lowest BCUT2D eigenvalue weighted by molar-refractivity contribution is -0.119. The van der Waals surface area contributed by atoms with Crippen LogP contribution in [-0.4, -0.2) is 26.5 Å². The van der Waals surface area contributed by atoms with Crippen LogP contribution in [0.2, 0.25) is 0 Å². The number of nitrogens with one attached hydrogen (secondary N) is 2. The van der Waals surface area contributed by atoms with Crippen LogP contribution in [0, 0.1) is 0 Å². The summed E-state index contributed by atoms with van der Waals surface area (Å²) in [5, 5.41) is 6.62. The Morgan fingerprint density at radius 2 is 1.82 bits per heavy atom. The predicted molar refractivity (Wildman–Crippen MR) is 111 cm³/mol. The smallest absolute Gasteiger partial charge is 0.264 e. The zero-order valence-corrected chi connectivity index (χ0v) is 16.8. The molecule has 0 aliphatic heterocycles. The number of hydrogen-bond acceptors (Lipinski definition) is 5. The second-order valence-electron chi connectivity index (χ2n) is 7.25. The third-order valence-corrected chi connectivity index (χ3v) is 4.45. The Bertz CT molecular complexity index is 1070. The molecule has 0 unspecified atom stereocenters. The van der Waals surface area contributed by atoms with E-state index in [0.717, 1.165) is 16.8 Å². The summed E-state index contributed by atoms with van der Waals surface area (Å²) < 4.78 is 1.45. The number of fused-ring (bicyclic) bond motifs is 1. The quantitative estimate of drug-likeness (QED) is 0.711. The summed E-state index contributed by atoms with van der Waals surface area (Å²) in [6.45, 7) is 7.44. The monoisotopic (exact) mass is 379 g/mol. The normalized spacial score (nSPS) is 12.2. The SMILES string of the molecule is CC(=O)N[C@H](C)c1ccc(-c2cc3ncn(C)c(=O)c3c(NC(C)C)n2)cc1. The Morgan fingerprint density at radius 3 is 2.43 bits per heavy atom. The van der Waals surface area contributed by atoms with Crippen molar-refractivity contribution >= 4 is 22.6 Å². The summed E-state index contributed by atoms with van der Waals surface area (Å²) in [5.41, 5.74) is 3.12. The van der Waals surface area contributed by atoms with Gasteiger partial charge < -0.3 is 15.2 Å². The fourth-order valence-corrected chi connectivity index (χ4v) is 3.08. The van der Waals surface area contributed by atoms with E-state index in [0.29, 0.717) is 16.7 Å². The minimum Gasteiger partial charge on any atom is -0.367 e. The van der Waals surface area contributed by atoms with Crippen molar-refractivity contribution in [3.63, 3.8) is 0 Å². The molecule has 7 nitrogen and oxygen atoms in total. The number of aryl methyl sites for hydroxylation is 1. The molecule has 1 aromatic carbocycles. The third kappa shape index (κ3) is 4.03. The fourth-order valence-electron chi connectivity index (χ4n) is 3.08. The van der Waals surface area contributed by atoms with E-state index in [1.165, 1.54) is 17.8 Å². The molecular weight excluding hydrogens is 354 g/mol. The average Bonchev–Trinajstić information content (AvgIpc) is 2.63. The zero-order valence-electron chi connectivity index (χ0n) is 16.8. The van der Waals surface area contributed by atoms with Gasteiger partial charge in [-0.05, 0) is 32.4 Å². The lowest BCUT2D eigenvalue weighted by Crippen LogP contribution is -2.23. The molecule has 0 saturated carbocycles. The highest BCUT2D eigenvalue weighted by Gasteiger charge is 2.14. The molecule has 0 aliphatic carbocycles. The van der Waals surface area contributed by atoms with E-state index < -0.39 is 0 Å². The summed E-state index contributed by atoms with van der Waals surface area (Å²) in [6, 6.07) is 9.73. The Morgan fingerprint density at radius 1 is 1.14 bits per heavy atom. The highest BCUT2D eigenvalue weighted by Crippen LogP contribution is 2.26. The summed E-state index contributed by atoms with van der Waals surface area (Å²) in [4.78, 5) is 33.0. The number of pyridine rings is 1. The Kier molecular flexibility index (Phi) is 5.44. The average molecular weight is 379 g/mol. The third-order valence-electron chi connectivity index (χ3n) is 4.45. The number of aromatic nitrogens is 3. The molecule has 1 atom stereocenters. The number of anilines is 1. The Hall–Kier alpha value is -3.22. The minimum atomic E-state index is -0.133. The first-order valence-corrected chi connectivity index (χ1v) is 9.26. The molecular formula is C21H25N5O2. The van der Waals surface area contributed by atoms with Gasteiger partial charge in [-0.15, -0.1) is 0 Å². The van der Waals surface area contributed by atoms with Crippen molar-refractivity contribution in [2.24, 2.45) is 7.05 Å². The van der Waals surface area contributed by atoms with Crippen molar-refractivity contribution in [3.8, 4) is 11.3 Å². The van der Waals surface area contributed by atoms with Crippen molar-refractivity contribution in [2.75, 3.05) is 5.32 Å². The molecule has 0 radical (unpaired) electrons. The molecule has 0 bridgehead atoms. The summed E-state index contributed by atoms with van der Waals surface area (Å²) in [5.74, 6) is 0.469. The maximum Gasteiger partial charge on any atom is 0.264 e. The topological polar surface area (TPSA) is 88.9 Å². The van der Waals surface area contributed by atoms with Gasteiger partial charge in [0.15, 0.2) is 0 Å². The van der Waals surface area contributed by atoms with Gasteiger partial charge in [-0.1, -0.05) is 24.3 Å². The number of carbonyl (C=O) groups is 1. The molecule has 2 aromatic heterocycles. The highest BCUT2D eigenvalue weighted by atomic mass is 16.1. The molecule has 2 heterocycles. The number of benzene rings is 1. The van der Waals surface area contributed by atoms with Crippen LogP contribution < -0.4 is 16.2 Å². The maximum atomic E-state index is 12.6. The molecule has 0 fully saturated rings. The number of amides is 1. The van der Waals surface area contributed by atoms with E-state index in [-0.39, 0.29) is 23.6 Å². The van der Waals surface area contributed by atoms with Gasteiger partial charge in [0.25, 0.3) is 5.56 Å². The van der Waals surface area contributed by atoms with Crippen LogP contribution in [0.5, 0.6) is 0 Å². The van der Waals surface area contributed by atoms with Gasteiger partial charge in [0.2, 0.25) is 5.91 Å². The molecule has 3 aromatic rings. The molecule has 28 heavy (non-hydrogen) atoms. The van der Waals surface area contributed by atoms with E-state index in [1.807, 2.05) is 51.1 Å². The van der Waals surface area contributed by atoms with Crippen LogP contribution in [0.3, 0.4) is 0 Å². The highest BCUT2D eigenvalue weighted by molar-refractivity contribution is 5.91. The van der Waals surface area contributed by atoms with Crippen molar-refractivity contribution in [1.82, 2.24) is 19.9 Å². The van der Waals surface area contributed by atoms with E-state index in [1.54, 1.807) is 7.05 Å². The maximum absolute atomic E-state index is 12.6. The van der Waals surface area contributed by atoms with Crippen LogP contribution in [0.25, 0.3) is 22.2 Å². The van der Waals surface area contributed by atoms with Gasteiger partial charge in [0, 0.05) is 25.6 Å². The van der Waals surface area contributed by atoms with Gasteiger partial charge in [0.1, 0.15) is 11.2 Å². The number of carbonyl (C=O) groups excluding carboxylic acids is 1. The van der Waals surface area contributed by atoms with Crippen LogP contribution in [0.4, 0.5) is 5.82 Å². The first-order valence-electron chi connectivity index (χ1n) is 9.26. The number of rotatable bonds is 5. The van der Waals surface area contributed by atoms with Gasteiger partial charge >= 0.3 is 0 Å². The Balaban J connectivity index is 2.07. The van der Waals surface area contributed by atoms with E-state index >= 15 is 0 Å². The zero-order chi connectivity index (χ0) is 20.4. The van der Waals surface area contributed by atoms with Crippen LogP contribution in [0.15, 0.2) is 41.5 Å². The molecule has 0 spiro atoms. The van der Waals surface area contributed by atoms with Crippen molar-refractivity contribution in [1.29, 1.82) is 0 Å². The molecule has 0 saturated heterocycles. The van der Waals surface area contributed by atoms with Crippen LogP contribution in [-0.2, 0) is 11.8 Å². The van der Waals surface area contributed by atoms with E-state index in [2.05, 4.69) is 15.6 Å². The van der Waals surface area contributed by atoms with Crippen molar-refractivity contribution in [3.05, 3.63) is 52.6 Å².